The van der Waals surface area contributed by atoms with Crippen LogP contribution >= 0.6 is 0 Å². The summed E-state index contributed by atoms with van der Waals surface area (Å²) < 4.78 is 5.32. The lowest BCUT2D eigenvalue weighted by atomic mass is 9.93. The van der Waals surface area contributed by atoms with E-state index in [2.05, 4.69) is 0 Å². The zero-order valence-corrected chi connectivity index (χ0v) is 10.5. The number of carbonyl (C=O) groups excluding carboxylic acids is 2. The van der Waals surface area contributed by atoms with E-state index in [0.717, 1.165) is 19.1 Å². The number of hydrogen-bond acceptors (Lipinski definition) is 3. The lowest BCUT2D eigenvalue weighted by Crippen LogP contribution is -2.47. The van der Waals surface area contributed by atoms with Gasteiger partial charge in [-0.15, -0.1) is 0 Å². The van der Waals surface area contributed by atoms with E-state index in [-0.39, 0.29) is 18.1 Å². The molecule has 16 heavy (non-hydrogen) atoms. The summed E-state index contributed by atoms with van der Waals surface area (Å²) in [6, 6.07) is 0.0822. The summed E-state index contributed by atoms with van der Waals surface area (Å²) in [4.78, 5) is 24.2. The molecule has 1 aliphatic rings. The maximum Gasteiger partial charge on any atom is 0.410 e. The fourth-order valence-corrected chi connectivity index (χ4v) is 1.92. The Labute approximate surface area is 96.9 Å². The maximum atomic E-state index is 11.8. The van der Waals surface area contributed by atoms with E-state index in [1.54, 1.807) is 4.90 Å². The zero-order chi connectivity index (χ0) is 12.3. The van der Waals surface area contributed by atoms with Crippen molar-refractivity contribution < 1.29 is 14.3 Å². The van der Waals surface area contributed by atoms with Crippen LogP contribution in [-0.4, -0.2) is 35.5 Å². The van der Waals surface area contributed by atoms with Crippen molar-refractivity contribution in [2.45, 2.75) is 52.2 Å². The number of amides is 1. The highest BCUT2D eigenvalue weighted by Crippen LogP contribution is 2.23. The van der Waals surface area contributed by atoms with E-state index in [4.69, 9.17) is 4.74 Å². The predicted molar refractivity (Wildman–Crippen MR) is 61.2 cm³/mol. The first-order valence-corrected chi connectivity index (χ1v) is 5.78. The highest BCUT2D eigenvalue weighted by Gasteiger charge is 2.31. The molecule has 1 amide bonds. The van der Waals surface area contributed by atoms with Gasteiger partial charge in [-0.25, -0.2) is 4.79 Å². The summed E-state index contributed by atoms with van der Waals surface area (Å²) in [7, 11) is 0. The van der Waals surface area contributed by atoms with Gasteiger partial charge in [0.05, 0.1) is 0 Å². The number of hydrogen-bond donors (Lipinski definition) is 0. The fraction of sp³-hybridized carbons (Fsp3) is 0.833. The van der Waals surface area contributed by atoms with E-state index < -0.39 is 5.60 Å². The Bertz CT molecular complexity index is 270. The molecule has 0 bridgehead atoms. The summed E-state index contributed by atoms with van der Waals surface area (Å²) in [5, 5.41) is 0. The summed E-state index contributed by atoms with van der Waals surface area (Å²) in [5.41, 5.74) is -0.460. The molecule has 0 aliphatic carbocycles. The summed E-state index contributed by atoms with van der Waals surface area (Å²) in [6.07, 6.45) is 2.20. The van der Waals surface area contributed by atoms with Crippen LogP contribution in [0.5, 0.6) is 0 Å². The van der Waals surface area contributed by atoms with Crippen molar-refractivity contribution in [1.82, 2.24) is 4.90 Å². The number of piperidine rings is 1. The number of ether oxygens (including phenoxy) is 1. The normalized spacial score (nSPS) is 26.4. The minimum atomic E-state index is -0.460. The van der Waals surface area contributed by atoms with Gasteiger partial charge >= 0.3 is 6.09 Å². The van der Waals surface area contributed by atoms with Gasteiger partial charge in [0, 0.05) is 18.5 Å². The van der Waals surface area contributed by atoms with E-state index in [1.165, 1.54) is 0 Å². The molecular weight excluding hydrogens is 206 g/mol. The average Bonchev–Trinajstić information content (AvgIpc) is 2.14. The lowest BCUT2D eigenvalue weighted by Gasteiger charge is -2.36. The van der Waals surface area contributed by atoms with Crippen molar-refractivity contribution in [3.8, 4) is 0 Å². The fourth-order valence-electron chi connectivity index (χ4n) is 1.92. The van der Waals surface area contributed by atoms with Crippen molar-refractivity contribution >= 4 is 12.4 Å². The average molecular weight is 227 g/mol. The van der Waals surface area contributed by atoms with Crippen molar-refractivity contribution in [1.29, 1.82) is 0 Å². The minimum absolute atomic E-state index is 0.0822. The van der Waals surface area contributed by atoms with E-state index in [1.807, 2.05) is 27.7 Å². The molecule has 0 aromatic rings. The maximum absolute atomic E-state index is 11.8. The number of carbonyl (C=O) groups is 2. The molecule has 4 heteroatoms. The molecule has 2 unspecified atom stereocenters. The van der Waals surface area contributed by atoms with Crippen LogP contribution in [0.25, 0.3) is 0 Å². The van der Waals surface area contributed by atoms with Crippen LogP contribution < -0.4 is 0 Å². The van der Waals surface area contributed by atoms with E-state index in [9.17, 15) is 9.59 Å². The SMILES string of the molecule is CC1CC(C=O)CCN1C(=O)OC(C)(C)C. The van der Waals surface area contributed by atoms with Gasteiger partial charge < -0.3 is 14.4 Å². The van der Waals surface area contributed by atoms with Crippen LogP contribution in [0.2, 0.25) is 0 Å². The Morgan fingerprint density at radius 1 is 1.44 bits per heavy atom. The van der Waals surface area contributed by atoms with Gasteiger partial charge in [-0.2, -0.15) is 0 Å². The molecule has 1 aliphatic heterocycles. The van der Waals surface area contributed by atoms with E-state index >= 15 is 0 Å². The number of aldehydes is 1. The molecule has 1 fully saturated rings. The molecule has 0 aromatic heterocycles. The Balaban J connectivity index is 2.55. The molecule has 1 saturated heterocycles. The first-order valence-electron chi connectivity index (χ1n) is 5.78. The second kappa shape index (κ2) is 4.85. The second-order valence-electron chi connectivity index (χ2n) is 5.44. The molecule has 0 aromatic carbocycles. The first kappa shape index (κ1) is 13.0. The van der Waals surface area contributed by atoms with Crippen LogP contribution in [-0.2, 0) is 9.53 Å². The van der Waals surface area contributed by atoms with Crippen LogP contribution in [0, 0.1) is 5.92 Å². The van der Waals surface area contributed by atoms with Gasteiger partial charge in [-0.05, 0) is 40.5 Å². The Hall–Kier alpha value is -1.06. The second-order valence-corrected chi connectivity index (χ2v) is 5.44. The quantitative estimate of drug-likeness (QED) is 0.645. The third-order valence-corrected chi connectivity index (χ3v) is 2.74. The van der Waals surface area contributed by atoms with Crippen LogP contribution in [0.4, 0.5) is 4.79 Å². The molecule has 2 atom stereocenters. The summed E-state index contributed by atoms with van der Waals surface area (Å²) >= 11 is 0. The monoisotopic (exact) mass is 227 g/mol. The lowest BCUT2D eigenvalue weighted by molar-refractivity contribution is -0.113. The zero-order valence-electron chi connectivity index (χ0n) is 10.5. The van der Waals surface area contributed by atoms with Gasteiger partial charge in [0.1, 0.15) is 11.9 Å². The molecule has 0 N–H and O–H groups in total. The standard InChI is InChI=1S/C12H21NO3/c1-9-7-10(8-14)5-6-13(9)11(15)16-12(2,3)4/h8-10H,5-7H2,1-4H3. The largest absolute Gasteiger partial charge is 0.444 e. The summed E-state index contributed by atoms with van der Waals surface area (Å²) in [6.45, 7) is 8.13. The van der Waals surface area contributed by atoms with Crippen LogP contribution in [0.15, 0.2) is 0 Å². The van der Waals surface area contributed by atoms with Crippen molar-refractivity contribution in [2.24, 2.45) is 5.92 Å². The topological polar surface area (TPSA) is 46.6 Å². The Morgan fingerprint density at radius 3 is 2.50 bits per heavy atom. The first-order chi connectivity index (χ1) is 7.33. The molecule has 0 saturated carbocycles. The van der Waals surface area contributed by atoms with Gasteiger partial charge in [0.25, 0.3) is 0 Å². The molecule has 0 radical (unpaired) electrons. The van der Waals surface area contributed by atoms with Gasteiger partial charge in [0.15, 0.2) is 0 Å². The number of likely N-dealkylation sites (tertiary alicyclic amines) is 1. The third kappa shape index (κ3) is 3.51. The molecule has 0 spiro atoms. The third-order valence-electron chi connectivity index (χ3n) is 2.74. The Kier molecular flexibility index (Phi) is 3.94. The molecule has 1 rings (SSSR count). The molecular formula is C12H21NO3. The Morgan fingerprint density at radius 2 is 2.06 bits per heavy atom. The van der Waals surface area contributed by atoms with Crippen LogP contribution in [0.3, 0.4) is 0 Å². The minimum Gasteiger partial charge on any atom is -0.444 e. The van der Waals surface area contributed by atoms with Gasteiger partial charge in [-0.1, -0.05) is 0 Å². The van der Waals surface area contributed by atoms with E-state index in [0.29, 0.717) is 6.54 Å². The van der Waals surface area contributed by atoms with Gasteiger partial charge in [0.2, 0.25) is 0 Å². The highest BCUT2D eigenvalue weighted by molar-refractivity contribution is 5.69. The number of nitrogens with zero attached hydrogens (tertiary/aromatic N) is 1. The van der Waals surface area contributed by atoms with Crippen LogP contribution in [0.1, 0.15) is 40.5 Å². The number of rotatable bonds is 1. The highest BCUT2D eigenvalue weighted by atomic mass is 16.6. The summed E-state index contributed by atoms with van der Waals surface area (Å²) in [5.74, 6) is 0.0914. The van der Waals surface area contributed by atoms with Crippen molar-refractivity contribution in [3.63, 3.8) is 0 Å². The van der Waals surface area contributed by atoms with Gasteiger partial charge in [-0.3, -0.25) is 0 Å². The molecule has 1 heterocycles. The smallest absolute Gasteiger partial charge is 0.410 e. The molecule has 92 valence electrons. The predicted octanol–water partition coefficient (Wildman–Crippen LogP) is 2.22. The molecule has 4 nitrogen and oxygen atoms in total. The van der Waals surface area contributed by atoms with Crippen molar-refractivity contribution in [3.05, 3.63) is 0 Å². The van der Waals surface area contributed by atoms with Crippen molar-refractivity contribution in [2.75, 3.05) is 6.54 Å².